The second-order valence-corrected chi connectivity index (χ2v) is 5.88. The van der Waals surface area contributed by atoms with E-state index in [9.17, 15) is 14.4 Å². The van der Waals surface area contributed by atoms with Gasteiger partial charge in [-0.05, 0) is 17.7 Å². The van der Waals surface area contributed by atoms with Crippen LogP contribution in [0.5, 0.6) is 0 Å². The van der Waals surface area contributed by atoms with Gasteiger partial charge in [0.1, 0.15) is 0 Å². The van der Waals surface area contributed by atoms with Crippen molar-refractivity contribution in [3.63, 3.8) is 0 Å². The minimum atomic E-state index is -0.372. The van der Waals surface area contributed by atoms with Crippen molar-refractivity contribution < 1.29 is 9.59 Å². The number of nitrogens with zero attached hydrogens (tertiary/aromatic N) is 3. The molecule has 0 aromatic carbocycles. The van der Waals surface area contributed by atoms with E-state index in [2.05, 4.69) is 10.3 Å². The van der Waals surface area contributed by atoms with Crippen molar-refractivity contribution in [3.05, 3.63) is 64.3 Å². The molecule has 0 bridgehead atoms. The van der Waals surface area contributed by atoms with Crippen molar-refractivity contribution in [2.75, 3.05) is 7.05 Å². The van der Waals surface area contributed by atoms with Crippen LogP contribution in [0.15, 0.2) is 47.7 Å². The van der Waals surface area contributed by atoms with Crippen LogP contribution in [-0.2, 0) is 11.8 Å². The van der Waals surface area contributed by atoms with Crippen LogP contribution in [0.4, 0.5) is 0 Å². The van der Waals surface area contributed by atoms with Crippen molar-refractivity contribution in [1.82, 2.24) is 19.8 Å². The number of likely N-dealkylation sites (N-methyl/N-ethyl adjacent to an activating group) is 1. The first-order valence-corrected chi connectivity index (χ1v) is 7.60. The molecule has 1 N–H and O–H groups in total. The monoisotopic (exact) mass is 326 g/mol. The fourth-order valence-electron chi connectivity index (χ4n) is 2.95. The smallest absolute Gasteiger partial charge is 0.251 e. The molecule has 3 heterocycles. The van der Waals surface area contributed by atoms with Gasteiger partial charge >= 0.3 is 0 Å². The number of hydrogen-bond donors (Lipinski definition) is 1. The van der Waals surface area contributed by atoms with Crippen molar-refractivity contribution >= 4 is 11.8 Å². The molecule has 0 radical (unpaired) electrons. The minimum Gasteiger partial charge on any atom is -0.346 e. The van der Waals surface area contributed by atoms with Gasteiger partial charge < -0.3 is 14.8 Å². The first kappa shape index (κ1) is 15.9. The summed E-state index contributed by atoms with van der Waals surface area (Å²) in [5.41, 5.74) is 0.885. The van der Waals surface area contributed by atoms with E-state index in [0.29, 0.717) is 0 Å². The number of hydrogen-bond acceptors (Lipinski definition) is 4. The minimum absolute atomic E-state index is 0.0434. The van der Waals surface area contributed by atoms with Gasteiger partial charge in [0.2, 0.25) is 5.91 Å². The Balaban J connectivity index is 1.84. The SMILES string of the molecule is CN1C(=O)C[C@@H](NC(=O)c2ccn(C)c(=O)c2)[C@@H]1c1cccnc1. The molecule has 7 heteroatoms. The molecule has 1 saturated heterocycles. The summed E-state index contributed by atoms with van der Waals surface area (Å²) in [6.07, 6.45) is 5.11. The quantitative estimate of drug-likeness (QED) is 0.889. The van der Waals surface area contributed by atoms with Crippen LogP contribution in [0, 0.1) is 0 Å². The summed E-state index contributed by atoms with van der Waals surface area (Å²) in [5, 5.41) is 2.87. The molecule has 2 aromatic rings. The summed E-state index contributed by atoms with van der Waals surface area (Å²) in [6, 6.07) is 5.89. The van der Waals surface area contributed by atoms with Gasteiger partial charge in [0.25, 0.3) is 11.5 Å². The summed E-state index contributed by atoms with van der Waals surface area (Å²) >= 11 is 0. The van der Waals surface area contributed by atoms with E-state index in [4.69, 9.17) is 0 Å². The van der Waals surface area contributed by atoms with Crippen LogP contribution < -0.4 is 10.9 Å². The number of pyridine rings is 2. The highest BCUT2D eigenvalue weighted by molar-refractivity contribution is 5.95. The lowest BCUT2D eigenvalue weighted by atomic mass is 10.0. The number of carbonyl (C=O) groups excluding carboxylic acids is 2. The van der Waals surface area contributed by atoms with Gasteiger partial charge in [0.15, 0.2) is 0 Å². The second-order valence-electron chi connectivity index (χ2n) is 5.88. The molecule has 1 fully saturated rings. The lowest BCUT2D eigenvalue weighted by Crippen LogP contribution is -2.39. The third-order valence-electron chi connectivity index (χ3n) is 4.30. The Bertz CT molecular complexity index is 831. The maximum absolute atomic E-state index is 12.4. The Hall–Kier alpha value is -2.96. The fraction of sp³-hybridized carbons (Fsp3) is 0.294. The number of nitrogens with one attached hydrogen (secondary N) is 1. The van der Waals surface area contributed by atoms with E-state index in [1.165, 1.54) is 10.6 Å². The van der Waals surface area contributed by atoms with E-state index < -0.39 is 0 Å². The molecule has 2 amide bonds. The molecule has 0 saturated carbocycles. The lowest BCUT2D eigenvalue weighted by molar-refractivity contribution is -0.127. The van der Waals surface area contributed by atoms with Crippen LogP contribution in [0.1, 0.15) is 28.4 Å². The normalized spacial score (nSPS) is 20.2. The van der Waals surface area contributed by atoms with Crippen molar-refractivity contribution in [1.29, 1.82) is 0 Å². The van der Waals surface area contributed by atoms with Crippen molar-refractivity contribution in [3.8, 4) is 0 Å². The van der Waals surface area contributed by atoms with Crippen LogP contribution in [0.3, 0.4) is 0 Å². The number of aryl methyl sites for hydroxylation is 1. The number of likely N-dealkylation sites (tertiary alicyclic amines) is 1. The summed E-state index contributed by atoms with van der Waals surface area (Å²) in [6.45, 7) is 0. The van der Waals surface area contributed by atoms with E-state index >= 15 is 0 Å². The largest absolute Gasteiger partial charge is 0.346 e. The number of aromatic nitrogens is 2. The summed E-state index contributed by atoms with van der Waals surface area (Å²) in [7, 11) is 3.33. The van der Waals surface area contributed by atoms with E-state index in [1.54, 1.807) is 49.7 Å². The molecule has 1 aliphatic rings. The zero-order valence-corrected chi connectivity index (χ0v) is 13.5. The van der Waals surface area contributed by atoms with Gasteiger partial charge in [-0.2, -0.15) is 0 Å². The Morgan fingerprint density at radius 1 is 1.29 bits per heavy atom. The summed E-state index contributed by atoms with van der Waals surface area (Å²) in [5.74, 6) is -0.409. The molecule has 2 atom stereocenters. The molecule has 1 aliphatic heterocycles. The average Bonchev–Trinajstić information content (AvgIpc) is 2.85. The highest BCUT2D eigenvalue weighted by atomic mass is 16.2. The molecule has 3 rings (SSSR count). The van der Waals surface area contributed by atoms with Crippen LogP contribution in [0.25, 0.3) is 0 Å². The molecular weight excluding hydrogens is 308 g/mol. The van der Waals surface area contributed by atoms with Gasteiger partial charge in [-0.3, -0.25) is 19.4 Å². The zero-order valence-electron chi connectivity index (χ0n) is 13.5. The van der Waals surface area contributed by atoms with Crippen molar-refractivity contribution in [2.24, 2.45) is 7.05 Å². The van der Waals surface area contributed by atoms with Crippen LogP contribution in [0.2, 0.25) is 0 Å². The summed E-state index contributed by atoms with van der Waals surface area (Å²) < 4.78 is 1.39. The molecule has 0 aliphatic carbocycles. The lowest BCUT2D eigenvalue weighted by Gasteiger charge is -2.25. The third-order valence-corrected chi connectivity index (χ3v) is 4.30. The zero-order chi connectivity index (χ0) is 17.3. The topological polar surface area (TPSA) is 84.3 Å². The molecule has 7 nitrogen and oxygen atoms in total. The Labute approximate surface area is 138 Å². The molecule has 2 aromatic heterocycles. The van der Waals surface area contributed by atoms with Gasteiger partial charge in [-0.25, -0.2) is 0 Å². The van der Waals surface area contributed by atoms with E-state index in [-0.39, 0.29) is 41.4 Å². The van der Waals surface area contributed by atoms with Crippen molar-refractivity contribution in [2.45, 2.75) is 18.5 Å². The first-order valence-electron chi connectivity index (χ1n) is 7.60. The van der Waals surface area contributed by atoms with Gasteiger partial charge in [-0.15, -0.1) is 0 Å². The highest BCUT2D eigenvalue weighted by Gasteiger charge is 2.39. The molecule has 124 valence electrons. The third kappa shape index (κ3) is 2.92. The van der Waals surface area contributed by atoms with Crippen LogP contribution in [-0.4, -0.2) is 39.4 Å². The maximum Gasteiger partial charge on any atom is 0.251 e. The molecule has 0 spiro atoms. The van der Waals surface area contributed by atoms with E-state index in [0.717, 1.165) is 5.56 Å². The highest BCUT2D eigenvalue weighted by Crippen LogP contribution is 2.31. The number of carbonyl (C=O) groups is 2. The van der Waals surface area contributed by atoms with Crippen LogP contribution >= 0.6 is 0 Å². The van der Waals surface area contributed by atoms with Gasteiger partial charge in [0, 0.05) is 50.7 Å². The number of rotatable bonds is 3. The molecular formula is C17H18N4O3. The standard InChI is InChI=1S/C17H18N4O3/c1-20-7-5-11(8-14(20)22)17(24)19-13-9-15(23)21(2)16(13)12-4-3-6-18-10-12/h3-8,10,13,16H,9H2,1-2H3,(H,19,24)/t13-,16+/m1/s1. The van der Waals surface area contributed by atoms with Gasteiger partial charge in [-0.1, -0.05) is 6.07 Å². The molecule has 24 heavy (non-hydrogen) atoms. The Kier molecular flexibility index (Phi) is 4.16. The predicted molar refractivity (Wildman–Crippen MR) is 87.3 cm³/mol. The first-order chi connectivity index (χ1) is 11.5. The predicted octanol–water partition coefficient (Wildman–Crippen LogP) is 0.482. The van der Waals surface area contributed by atoms with Gasteiger partial charge in [0.05, 0.1) is 12.1 Å². The Morgan fingerprint density at radius 2 is 2.08 bits per heavy atom. The maximum atomic E-state index is 12.4. The van der Waals surface area contributed by atoms with E-state index in [1.807, 2.05) is 6.07 Å². The number of amides is 2. The average molecular weight is 326 g/mol. The Morgan fingerprint density at radius 3 is 2.75 bits per heavy atom. The summed E-state index contributed by atoms with van der Waals surface area (Å²) in [4.78, 5) is 41.9. The molecule has 0 unspecified atom stereocenters. The fourth-order valence-corrected chi connectivity index (χ4v) is 2.95. The second kappa shape index (κ2) is 6.27.